The number of carbonyl (C=O) groups is 1. The Morgan fingerprint density at radius 1 is 1.07 bits per heavy atom. The van der Waals surface area contributed by atoms with Crippen molar-refractivity contribution in [1.82, 2.24) is 0 Å². The van der Waals surface area contributed by atoms with Crippen LogP contribution in [0, 0.1) is 0 Å². The Morgan fingerprint density at radius 3 is 2.13 bits per heavy atom. The monoisotopic (exact) mass is 431 g/mol. The van der Waals surface area contributed by atoms with E-state index in [0.29, 0.717) is 5.69 Å². The van der Waals surface area contributed by atoms with Crippen molar-refractivity contribution in [2.45, 2.75) is 17.1 Å². The Hall–Kier alpha value is -3.08. The third kappa shape index (κ3) is 5.29. The van der Waals surface area contributed by atoms with Crippen molar-refractivity contribution in [1.29, 1.82) is 0 Å². The lowest BCUT2D eigenvalue weighted by Gasteiger charge is -2.16. The van der Waals surface area contributed by atoms with E-state index in [1.807, 2.05) is 43.3 Å². The van der Waals surface area contributed by atoms with Crippen LogP contribution in [0.2, 0.25) is 0 Å². The first-order chi connectivity index (χ1) is 14.3. The maximum atomic E-state index is 11.1. The number of hydrogen-bond donors (Lipinski definition) is 3. The van der Waals surface area contributed by atoms with Gasteiger partial charge in [-0.15, -0.1) is 0 Å². The standard InChI is InChI=1S/C20H21N3O6S/c1-23(2)14-7-3-12(4-8-14)21-22-13-5-9-15(10-6-13)30-28-11-16(24)19-17(25)18(26)20(27)29-19/h3-10,16,19,24-26H,11H2,1-2H3. The molecule has 2 aromatic rings. The highest BCUT2D eigenvalue weighted by molar-refractivity contribution is 7.94. The molecule has 9 nitrogen and oxygen atoms in total. The number of rotatable bonds is 8. The van der Waals surface area contributed by atoms with Crippen molar-refractivity contribution in [3.63, 3.8) is 0 Å². The number of hydrogen-bond acceptors (Lipinski definition) is 10. The van der Waals surface area contributed by atoms with E-state index in [1.54, 1.807) is 24.3 Å². The lowest BCUT2D eigenvalue weighted by Crippen LogP contribution is -2.32. The van der Waals surface area contributed by atoms with Gasteiger partial charge in [-0.1, -0.05) is 0 Å². The van der Waals surface area contributed by atoms with Crippen LogP contribution in [0.3, 0.4) is 0 Å². The number of ether oxygens (including phenoxy) is 1. The molecular formula is C20H21N3O6S. The third-order valence-corrected chi connectivity index (χ3v) is 4.89. The minimum absolute atomic E-state index is 0.232. The SMILES string of the molecule is CN(C)c1ccc(N=Nc2ccc(SOCC(O)C3OC(=O)C(O)=C3O)cc2)cc1. The van der Waals surface area contributed by atoms with Gasteiger partial charge >= 0.3 is 5.97 Å². The van der Waals surface area contributed by atoms with Gasteiger partial charge in [-0.2, -0.15) is 10.2 Å². The first kappa shape index (κ1) is 21.6. The minimum Gasteiger partial charge on any atom is -0.505 e. The first-order valence-corrected chi connectivity index (χ1v) is 9.69. The third-order valence-electron chi connectivity index (χ3n) is 4.17. The van der Waals surface area contributed by atoms with Crippen LogP contribution >= 0.6 is 12.0 Å². The van der Waals surface area contributed by atoms with Crippen molar-refractivity contribution < 1.29 is 29.0 Å². The Bertz CT molecular complexity index is 944. The normalized spacial score (nSPS) is 17.4. The van der Waals surface area contributed by atoms with Crippen LogP contribution in [-0.2, 0) is 13.7 Å². The predicted octanol–water partition coefficient (Wildman–Crippen LogP) is 3.81. The van der Waals surface area contributed by atoms with Gasteiger partial charge in [0.2, 0.25) is 5.76 Å². The molecule has 1 heterocycles. The van der Waals surface area contributed by atoms with Gasteiger partial charge in [0.25, 0.3) is 0 Å². The Labute approximate surface area is 177 Å². The van der Waals surface area contributed by atoms with Crippen molar-refractivity contribution in [3.8, 4) is 0 Å². The van der Waals surface area contributed by atoms with Crippen molar-refractivity contribution in [2.24, 2.45) is 10.2 Å². The van der Waals surface area contributed by atoms with Crippen LogP contribution in [0.4, 0.5) is 17.1 Å². The molecule has 3 N–H and O–H groups in total. The van der Waals surface area contributed by atoms with E-state index in [-0.39, 0.29) is 6.61 Å². The summed E-state index contributed by atoms with van der Waals surface area (Å²) in [6.07, 6.45) is -2.66. The van der Waals surface area contributed by atoms with Crippen LogP contribution < -0.4 is 4.90 Å². The molecule has 0 amide bonds. The fourth-order valence-electron chi connectivity index (χ4n) is 2.49. The van der Waals surface area contributed by atoms with Gasteiger partial charge in [0.05, 0.1) is 18.0 Å². The zero-order valence-electron chi connectivity index (χ0n) is 16.3. The Balaban J connectivity index is 1.48. The zero-order chi connectivity index (χ0) is 21.7. The lowest BCUT2D eigenvalue weighted by molar-refractivity contribution is -0.147. The molecule has 0 bridgehead atoms. The molecule has 2 unspecified atom stereocenters. The van der Waals surface area contributed by atoms with E-state index >= 15 is 0 Å². The molecule has 158 valence electrons. The summed E-state index contributed by atoms with van der Waals surface area (Å²) in [5.74, 6) is -2.68. The van der Waals surface area contributed by atoms with E-state index in [0.717, 1.165) is 28.3 Å². The number of benzene rings is 2. The van der Waals surface area contributed by atoms with Gasteiger partial charge in [0, 0.05) is 36.7 Å². The second-order valence-electron chi connectivity index (χ2n) is 6.60. The van der Waals surface area contributed by atoms with Crippen LogP contribution in [0.25, 0.3) is 0 Å². The quantitative estimate of drug-likeness (QED) is 0.327. The molecule has 1 aliphatic heterocycles. The average molecular weight is 431 g/mol. The summed E-state index contributed by atoms with van der Waals surface area (Å²) in [5, 5.41) is 37.1. The molecule has 0 radical (unpaired) electrons. The molecule has 0 aliphatic carbocycles. The number of nitrogens with zero attached hydrogens (tertiary/aromatic N) is 3. The summed E-state index contributed by atoms with van der Waals surface area (Å²) in [5.41, 5.74) is 2.49. The van der Waals surface area contributed by atoms with Crippen molar-refractivity contribution >= 4 is 35.1 Å². The maximum Gasteiger partial charge on any atom is 0.377 e. The molecule has 0 saturated carbocycles. The fraction of sp³-hybridized carbons (Fsp3) is 0.250. The second-order valence-corrected chi connectivity index (χ2v) is 7.47. The predicted molar refractivity (Wildman–Crippen MR) is 111 cm³/mol. The number of azo groups is 1. The molecular weight excluding hydrogens is 410 g/mol. The molecule has 3 rings (SSSR count). The molecule has 30 heavy (non-hydrogen) atoms. The molecule has 0 spiro atoms. The Kier molecular flexibility index (Phi) is 6.93. The van der Waals surface area contributed by atoms with E-state index in [2.05, 4.69) is 15.0 Å². The molecule has 2 aromatic carbocycles. The van der Waals surface area contributed by atoms with Crippen LogP contribution in [0.1, 0.15) is 0 Å². The minimum atomic E-state index is -1.34. The molecule has 2 atom stereocenters. The fourth-order valence-corrected chi connectivity index (χ4v) is 3.08. The smallest absolute Gasteiger partial charge is 0.377 e. The number of carbonyl (C=O) groups excluding carboxylic acids is 1. The van der Waals surface area contributed by atoms with Crippen molar-refractivity contribution in [2.75, 3.05) is 25.6 Å². The van der Waals surface area contributed by atoms with E-state index in [4.69, 9.17) is 4.18 Å². The number of aliphatic hydroxyl groups is 3. The number of cyclic esters (lactones) is 1. The summed E-state index contributed by atoms with van der Waals surface area (Å²) >= 11 is 1.00. The van der Waals surface area contributed by atoms with Crippen molar-refractivity contribution in [3.05, 3.63) is 60.0 Å². The molecule has 0 saturated heterocycles. The van der Waals surface area contributed by atoms with E-state index < -0.39 is 29.7 Å². The van der Waals surface area contributed by atoms with Gasteiger partial charge in [0.15, 0.2) is 11.9 Å². The van der Waals surface area contributed by atoms with Gasteiger partial charge in [-0.25, -0.2) is 4.79 Å². The summed E-state index contributed by atoms with van der Waals surface area (Å²) in [6, 6.07) is 14.8. The van der Waals surface area contributed by atoms with Crippen LogP contribution in [-0.4, -0.2) is 54.2 Å². The number of anilines is 1. The molecule has 10 heteroatoms. The Morgan fingerprint density at radius 2 is 1.63 bits per heavy atom. The van der Waals surface area contributed by atoms with Gasteiger partial charge in [-0.05, 0) is 48.5 Å². The highest BCUT2D eigenvalue weighted by Crippen LogP contribution is 2.26. The zero-order valence-corrected chi connectivity index (χ0v) is 17.1. The largest absolute Gasteiger partial charge is 0.505 e. The lowest BCUT2D eigenvalue weighted by atomic mass is 10.2. The van der Waals surface area contributed by atoms with Crippen LogP contribution in [0.5, 0.6) is 0 Å². The average Bonchev–Trinajstić information content (AvgIpc) is 3.00. The topological polar surface area (TPSA) is 124 Å². The number of aliphatic hydroxyl groups excluding tert-OH is 3. The number of esters is 1. The maximum absolute atomic E-state index is 11.1. The van der Waals surface area contributed by atoms with Gasteiger partial charge in [0.1, 0.15) is 6.10 Å². The van der Waals surface area contributed by atoms with E-state index in [1.165, 1.54) is 0 Å². The first-order valence-electron chi connectivity index (χ1n) is 8.95. The van der Waals surface area contributed by atoms with Crippen LogP contribution in [0.15, 0.2) is 75.2 Å². The molecule has 0 fully saturated rings. The molecule has 0 aromatic heterocycles. The summed E-state index contributed by atoms with van der Waals surface area (Å²) in [4.78, 5) is 13.9. The van der Waals surface area contributed by atoms with Gasteiger partial charge < -0.3 is 29.1 Å². The highest BCUT2D eigenvalue weighted by atomic mass is 32.2. The second kappa shape index (κ2) is 9.61. The highest BCUT2D eigenvalue weighted by Gasteiger charge is 2.39. The summed E-state index contributed by atoms with van der Waals surface area (Å²) in [7, 11) is 3.94. The molecule has 1 aliphatic rings. The van der Waals surface area contributed by atoms with Gasteiger partial charge in [-0.3, -0.25) is 0 Å². The van der Waals surface area contributed by atoms with E-state index in [9.17, 15) is 20.1 Å². The summed E-state index contributed by atoms with van der Waals surface area (Å²) < 4.78 is 9.98. The summed E-state index contributed by atoms with van der Waals surface area (Å²) in [6.45, 7) is -0.232.